The topological polar surface area (TPSA) is 55.6 Å². The maximum absolute atomic E-state index is 12.7. The third-order valence-corrected chi connectivity index (χ3v) is 3.58. The lowest BCUT2D eigenvalue weighted by molar-refractivity contribution is -0.150. The van der Waals surface area contributed by atoms with Crippen LogP contribution in [-0.4, -0.2) is 36.6 Å². The number of nitrogens with two attached hydrogens (primary N) is 1. The maximum atomic E-state index is 12.7. The molecule has 22 heavy (non-hydrogen) atoms. The van der Waals surface area contributed by atoms with Crippen molar-refractivity contribution in [2.45, 2.75) is 31.7 Å². The molecule has 1 heterocycles. The number of carbonyl (C=O) groups excluding carboxylic acids is 1. The van der Waals surface area contributed by atoms with Crippen molar-refractivity contribution in [3.8, 4) is 0 Å². The van der Waals surface area contributed by atoms with Crippen LogP contribution in [0.1, 0.15) is 24.0 Å². The first-order valence-corrected chi connectivity index (χ1v) is 7.15. The van der Waals surface area contributed by atoms with Crippen LogP contribution < -0.4 is 5.73 Å². The summed E-state index contributed by atoms with van der Waals surface area (Å²) in [5.41, 5.74) is 5.20. The average molecular weight is 316 g/mol. The van der Waals surface area contributed by atoms with E-state index in [4.69, 9.17) is 10.5 Å². The summed E-state index contributed by atoms with van der Waals surface area (Å²) in [7, 11) is 0. The van der Waals surface area contributed by atoms with Crippen LogP contribution in [0.5, 0.6) is 0 Å². The van der Waals surface area contributed by atoms with Gasteiger partial charge in [-0.05, 0) is 37.1 Å². The van der Waals surface area contributed by atoms with Crippen LogP contribution >= 0.6 is 0 Å². The van der Waals surface area contributed by atoms with Crippen molar-refractivity contribution in [3.05, 3.63) is 35.4 Å². The van der Waals surface area contributed by atoms with Crippen LogP contribution in [0, 0.1) is 0 Å². The van der Waals surface area contributed by atoms with Crippen molar-refractivity contribution in [1.82, 2.24) is 4.90 Å². The normalized spacial score (nSPS) is 19.5. The van der Waals surface area contributed by atoms with Gasteiger partial charge >= 0.3 is 6.18 Å². The van der Waals surface area contributed by atoms with Crippen molar-refractivity contribution in [2.24, 2.45) is 5.73 Å². The smallest absolute Gasteiger partial charge is 0.367 e. The highest BCUT2D eigenvalue weighted by atomic mass is 19.4. The highest BCUT2D eigenvalue weighted by molar-refractivity contribution is 5.78. The fourth-order valence-electron chi connectivity index (χ4n) is 2.42. The van der Waals surface area contributed by atoms with E-state index < -0.39 is 11.7 Å². The van der Waals surface area contributed by atoms with Gasteiger partial charge in [0.15, 0.2) is 0 Å². The van der Waals surface area contributed by atoms with Gasteiger partial charge < -0.3 is 15.4 Å². The summed E-state index contributed by atoms with van der Waals surface area (Å²) in [6, 6.07) is 5.05. The minimum atomic E-state index is -4.38. The molecule has 1 aromatic carbocycles. The molecular formula is C15H19F3N2O2. The van der Waals surface area contributed by atoms with E-state index >= 15 is 0 Å². The predicted octanol–water partition coefficient (Wildman–Crippen LogP) is 2.17. The van der Waals surface area contributed by atoms with Gasteiger partial charge in [-0.1, -0.05) is 12.1 Å². The number of hydrogen-bond acceptors (Lipinski definition) is 3. The Balaban J connectivity index is 2.03. The Kier molecular flexibility index (Phi) is 5.42. The zero-order chi connectivity index (χ0) is 16.2. The molecule has 1 amide bonds. The molecule has 7 heteroatoms. The summed E-state index contributed by atoms with van der Waals surface area (Å²) in [5, 5.41) is 0. The van der Waals surface area contributed by atoms with Gasteiger partial charge in [-0.25, -0.2) is 0 Å². The van der Waals surface area contributed by atoms with E-state index in [1.165, 1.54) is 6.07 Å². The van der Waals surface area contributed by atoms with E-state index in [0.29, 0.717) is 18.7 Å². The highest BCUT2D eigenvalue weighted by Crippen LogP contribution is 2.30. The number of alkyl halides is 3. The van der Waals surface area contributed by atoms with Crippen molar-refractivity contribution >= 4 is 5.91 Å². The van der Waals surface area contributed by atoms with Crippen LogP contribution in [-0.2, 0) is 22.3 Å². The number of carbonyl (C=O) groups is 1. The van der Waals surface area contributed by atoms with Crippen molar-refractivity contribution in [3.63, 3.8) is 0 Å². The van der Waals surface area contributed by atoms with Crippen LogP contribution in [0.3, 0.4) is 0 Å². The van der Waals surface area contributed by atoms with Crippen LogP contribution in [0.15, 0.2) is 24.3 Å². The molecule has 0 aliphatic carbocycles. The van der Waals surface area contributed by atoms with Crippen LogP contribution in [0.4, 0.5) is 13.2 Å². The lowest BCUT2D eigenvalue weighted by Crippen LogP contribution is -2.46. The van der Waals surface area contributed by atoms with Gasteiger partial charge in [0, 0.05) is 13.1 Å². The third kappa shape index (κ3) is 4.45. The first-order chi connectivity index (χ1) is 10.4. The maximum Gasteiger partial charge on any atom is 0.416 e. The van der Waals surface area contributed by atoms with Gasteiger partial charge in [-0.2, -0.15) is 13.2 Å². The van der Waals surface area contributed by atoms with E-state index in [1.807, 2.05) is 0 Å². The molecule has 0 aromatic heterocycles. The Morgan fingerprint density at radius 1 is 1.36 bits per heavy atom. The van der Waals surface area contributed by atoms with E-state index in [-0.39, 0.29) is 25.2 Å². The monoisotopic (exact) mass is 316 g/mol. The molecule has 1 aromatic rings. The fraction of sp³-hybridized carbons (Fsp3) is 0.533. The molecule has 1 saturated heterocycles. The van der Waals surface area contributed by atoms with Gasteiger partial charge in [0.1, 0.15) is 6.61 Å². The molecule has 122 valence electrons. The lowest BCUT2D eigenvalue weighted by atomic mass is 10.1. The number of morpholine rings is 1. The number of benzene rings is 1. The molecular weight excluding hydrogens is 297 g/mol. The Hall–Kier alpha value is -1.60. The number of halogens is 3. The van der Waals surface area contributed by atoms with Crippen molar-refractivity contribution in [2.75, 3.05) is 19.7 Å². The Morgan fingerprint density at radius 2 is 2.14 bits per heavy atom. The van der Waals surface area contributed by atoms with E-state index in [9.17, 15) is 18.0 Å². The van der Waals surface area contributed by atoms with Gasteiger partial charge in [-0.3, -0.25) is 4.79 Å². The molecule has 1 aliphatic rings. The molecule has 2 rings (SSSR count). The van der Waals surface area contributed by atoms with Crippen LogP contribution in [0.2, 0.25) is 0 Å². The second-order valence-electron chi connectivity index (χ2n) is 5.34. The molecule has 0 saturated carbocycles. The Bertz CT molecular complexity index is 520. The second-order valence-corrected chi connectivity index (χ2v) is 5.34. The van der Waals surface area contributed by atoms with Gasteiger partial charge in [0.25, 0.3) is 0 Å². The summed E-state index contributed by atoms with van der Waals surface area (Å²) in [5.74, 6) is -0.207. The van der Waals surface area contributed by atoms with E-state index in [1.54, 1.807) is 11.0 Å². The van der Waals surface area contributed by atoms with E-state index in [2.05, 4.69) is 0 Å². The molecule has 1 aliphatic heterocycles. The average Bonchev–Trinajstić information content (AvgIpc) is 2.47. The zero-order valence-electron chi connectivity index (χ0n) is 12.1. The zero-order valence-corrected chi connectivity index (χ0v) is 12.1. The number of amides is 1. The SMILES string of the molecule is NCCCC1CN(Cc2cccc(C(F)(F)F)c2)C(=O)CO1. The number of nitrogens with zero attached hydrogens (tertiary/aromatic N) is 1. The molecule has 0 spiro atoms. The minimum absolute atomic E-state index is 0.0335. The molecule has 0 bridgehead atoms. The summed E-state index contributed by atoms with van der Waals surface area (Å²) in [4.78, 5) is 13.4. The first-order valence-electron chi connectivity index (χ1n) is 7.15. The summed E-state index contributed by atoms with van der Waals surface area (Å²) >= 11 is 0. The van der Waals surface area contributed by atoms with E-state index in [0.717, 1.165) is 25.0 Å². The quantitative estimate of drug-likeness (QED) is 0.906. The molecule has 1 unspecified atom stereocenters. The summed E-state index contributed by atoms with van der Waals surface area (Å²) in [6.45, 7) is 1.05. The Labute approximate surface area is 127 Å². The molecule has 2 N–H and O–H groups in total. The van der Waals surface area contributed by atoms with Crippen LogP contribution in [0.25, 0.3) is 0 Å². The molecule has 1 fully saturated rings. The van der Waals surface area contributed by atoms with Gasteiger partial charge in [0.2, 0.25) is 5.91 Å². The first kappa shape index (κ1) is 16.8. The molecule has 0 radical (unpaired) electrons. The van der Waals surface area contributed by atoms with Gasteiger partial charge in [0.05, 0.1) is 11.7 Å². The Morgan fingerprint density at radius 3 is 2.82 bits per heavy atom. The predicted molar refractivity (Wildman–Crippen MR) is 74.9 cm³/mol. The third-order valence-electron chi connectivity index (χ3n) is 3.58. The second kappa shape index (κ2) is 7.11. The number of rotatable bonds is 5. The standard InChI is InChI=1S/C15H19F3N2O2/c16-15(17,18)12-4-1-3-11(7-12)8-20-9-13(5-2-6-19)22-10-14(20)21/h1,3-4,7,13H,2,5-6,8-10,19H2. The minimum Gasteiger partial charge on any atom is -0.367 e. The summed E-state index contributed by atoms with van der Waals surface area (Å²) in [6.07, 6.45) is -2.96. The highest BCUT2D eigenvalue weighted by Gasteiger charge is 2.31. The molecule has 1 atom stereocenters. The number of hydrogen-bond donors (Lipinski definition) is 1. The fourth-order valence-corrected chi connectivity index (χ4v) is 2.42. The lowest BCUT2D eigenvalue weighted by Gasteiger charge is -2.33. The van der Waals surface area contributed by atoms with Crippen molar-refractivity contribution < 1.29 is 22.7 Å². The number of ether oxygens (including phenoxy) is 1. The largest absolute Gasteiger partial charge is 0.416 e. The van der Waals surface area contributed by atoms with Crippen molar-refractivity contribution in [1.29, 1.82) is 0 Å². The van der Waals surface area contributed by atoms with Gasteiger partial charge in [-0.15, -0.1) is 0 Å². The molecule has 4 nitrogen and oxygen atoms in total. The summed E-state index contributed by atoms with van der Waals surface area (Å²) < 4.78 is 43.5.